The molecule has 2 unspecified atom stereocenters. The molecule has 2 aromatic rings. The van der Waals surface area contributed by atoms with Crippen LogP contribution in [0.5, 0.6) is 5.75 Å². The summed E-state index contributed by atoms with van der Waals surface area (Å²) in [5, 5.41) is 13.7. The van der Waals surface area contributed by atoms with Crippen molar-refractivity contribution in [3.63, 3.8) is 0 Å². The monoisotopic (exact) mass is 403 g/mol. The van der Waals surface area contributed by atoms with Crippen molar-refractivity contribution >= 4 is 17.5 Å². The minimum Gasteiger partial charge on any atom is -0.497 e. The van der Waals surface area contributed by atoms with E-state index in [-0.39, 0.29) is 18.1 Å². The van der Waals surface area contributed by atoms with Gasteiger partial charge in [0.05, 0.1) is 25.4 Å². The lowest BCUT2D eigenvalue weighted by atomic mass is 9.94. The van der Waals surface area contributed by atoms with Crippen LogP contribution in [0.4, 0.5) is 0 Å². The van der Waals surface area contributed by atoms with Crippen molar-refractivity contribution in [2.45, 2.75) is 44.5 Å². The first-order valence-corrected chi connectivity index (χ1v) is 9.81. The predicted molar refractivity (Wildman–Crippen MR) is 109 cm³/mol. The van der Waals surface area contributed by atoms with Crippen molar-refractivity contribution in [2.75, 3.05) is 13.7 Å². The molecule has 3 rings (SSSR count). The summed E-state index contributed by atoms with van der Waals surface area (Å²) in [4.78, 5) is 11.2. The molecule has 28 heavy (non-hydrogen) atoms. The Hall–Kier alpha value is -2.08. The van der Waals surface area contributed by atoms with Crippen molar-refractivity contribution in [3.05, 3.63) is 64.2 Å². The number of hydrogen-bond donors (Lipinski definition) is 2. The zero-order valence-electron chi connectivity index (χ0n) is 16.2. The molecule has 0 radical (unpaired) electrons. The number of halogens is 1. The number of amides is 1. The fourth-order valence-corrected chi connectivity index (χ4v) is 3.67. The van der Waals surface area contributed by atoms with Gasteiger partial charge in [0.2, 0.25) is 5.91 Å². The quantitative estimate of drug-likeness (QED) is 0.772. The van der Waals surface area contributed by atoms with Gasteiger partial charge in [-0.05, 0) is 41.3 Å². The first kappa shape index (κ1) is 20.6. The summed E-state index contributed by atoms with van der Waals surface area (Å²) in [5.41, 5.74) is 3.12. The van der Waals surface area contributed by atoms with E-state index in [1.54, 1.807) is 7.11 Å². The van der Waals surface area contributed by atoms with Gasteiger partial charge in [-0.3, -0.25) is 4.79 Å². The molecule has 1 heterocycles. The summed E-state index contributed by atoms with van der Waals surface area (Å²) < 4.78 is 11.3. The van der Waals surface area contributed by atoms with E-state index in [4.69, 9.17) is 21.1 Å². The topological polar surface area (TPSA) is 67.8 Å². The SMILES string of the molecule is COc1ccc(Cc2cc([C@H]3CC(O)CC(CNC(C)=O)O3)ccc2Cl)cc1. The molecule has 0 spiro atoms. The number of ether oxygens (including phenoxy) is 2. The van der Waals surface area contributed by atoms with E-state index >= 15 is 0 Å². The fraction of sp³-hybridized carbons (Fsp3) is 0.409. The molecule has 1 aliphatic heterocycles. The molecule has 1 aliphatic rings. The molecular weight excluding hydrogens is 378 g/mol. The molecule has 0 aliphatic carbocycles. The third kappa shape index (κ3) is 5.47. The Morgan fingerprint density at radius 3 is 2.68 bits per heavy atom. The smallest absolute Gasteiger partial charge is 0.216 e. The molecule has 3 atom stereocenters. The highest BCUT2D eigenvalue weighted by Gasteiger charge is 2.29. The van der Waals surface area contributed by atoms with E-state index in [0.29, 0.717) is 30.8 Å². The van der Waals surface area contributed by atoms with Crippen LogP contribution in [0.2, 0.25) is 5.02 Å². The van der Waals surface area contributed by atoms with Gasteiger partial charge in [0.1, 0.15) is 5.75 Å². The first-order valence-electron chi connectivity index (χ1n) is 9.44. The van der Waals surface area contributed by atoms with Crippen LogP contribution in [0.25, 0.3) is 0 Å². The predicted octanol–water partition coefficient (Wildman–Crippen LogP) is 3.66. The van der Waals surface area contributed by atoms with Gasteiger partial charge in [-0.1, -0.05) is 35.9 Å². The number of aliphatic hydroxyl groups is 1. The second kappa shape index (κ2) is 9.41. The van der Waals surface area contributed by atoms with Crippen LogP contribution in [-0.2, 0) is 16.0 Å². The van der Waals surface area contributed by atoms with Gasteiger partial charge >= 0.3 is 0 Å². The van der Waals surface area contributed by atoms with Crippen LogP contribution in [0.1, 0.15) is 42.6 Å². The van der Waals surface area contributed by atoms with Crippen molar-refractivity contribution in [1.82, 2.24) is 5.32 Å². The number of benzene rings is 2. The van der Waals surface area contributed by atoms with Gasteiger partial charge < -0.3 is 19.9 Å². The maximum atomic E-state index is 11.2. The van der Waals surface area contributed by atoms with Crippen molar-refractivity contribution in [1.29, 1.82) is 0 Å². The molecule has 1 saturated heterocycles. The van der Waals surface area contributed by atoms with Gasteiger partial charge in [0.15, 0.2) is 0 Å². The Labute approximate surface area is 170 Å². The number of aliphatic hydroxyl groups excluding tert-OH is 1. The number of carbonyl (C=O) groups is 1. The molecule has 0 saturated carbocycles. The summed E-state index contributed by atoms with van der Waals surface area (Å²) in [6.45, 7) is 1.87. The molecule has 1 amide bonds. The van der Waals surface area contributed by atoms with Crippen LogP contribution in [-0.4, -0.2) is 36.9 Å². The molecule has 2 N–H and O–H groups in total. The lowest BCUT2D eigenvalue weighted by Gasteiger charge is -2.33. The van der Waals surface area contributed by atoms with Crippen LogP contribution in [0, 0.1) is 0 Å². The van der Waals surface area contributed by atoms with Gasteiger partial charge in [0, 0.05) is 31.3 Å². The standard InChI is InChI=1S/C22H26ClNO4/c1-14(25)24-13-20-11-18(26)12-22(28-20)16-5-8-21(23)17(10-16)9-15-3-6-19(27-2)7-4-15/h3-8,10,18,20,22,26H,9,11-13H2,1-2H3,(H,24,25)/t18?,20?,22-/m1/s1. The highest BCUT2D eigenvalue weighted by Crippen LogP contribution is 2.33. The van der Waals surface area contributed by atoms with Crippen LogP contribution in [0.15, 0.2) is 42.5 Å². The summed E-state index contributed by atoms with van der Waals surface area (Å²) in [5.74, 6) is 0.715. The minimum absolute atomic E-state index is 0.103. The lowest BCUT2D eigenvalue weighted by Crippen LogP contribution is -2.39. The average molecular weight is 404 g/mol. The molecule has 0 bridgehead atoms. The van der Waals surface area contributed by atoms with Gasteiger partial charge in [-0.25, -0.2) is 0 Å². The van der Waals surface area contributed by atoms with Crippen molar-refractivity contribution in [2.24, 2.45) is 0 Å². The Morgan fingerprint density at radius 2 is 2.00 bits per heavy atom. The largest absolute Gasteiger partial charge is 0.497 e. The van der Waals surface area contributed by atoms with Crippen LogP contribution in [0.3, 0.4) is 0 Å². The average Bonchev–Trinajstić information content (AvgIpc) is 2.68. The van der Waals surface area contributed by atoms with Crippen molar-refractivity contribution in [3.8, 4) is 5.75 Å². The number of carbonyl (C=O) groups excluding carboxylic acids is 1. The minimum atomic E-state index is -0.460. The Balaban J connectivity index is 1.74. The van der Waals surface area contributed by atoms with E-state index in [2.05, 4.69) is 5.32 Å². The molecule has 1 fully saturated rings. The Morgan fingerprint density at radius 1 is 1.25 bits per heavy atom. The number of hydrogen-bond acceptors (Lipinski definition) is 4. The van der Waals surface area contributed by atoms with Gasteiger partial charge in [0.25, 0.3) is 0 Å². The summed E-state index contributed by atoms with van der Waals surface area (Å²) in [7, 11) is 1.65. The van der Waals surface area contributed by atoms with E-state index < -0.39 is 6.10 Å². The maximum Gasteiger partial charge on any atom is 0.216 e. The fourth-order valence-electron chi connectivity index (χ4n) is 3.49. The number of rotatable bonds is 6. The highest BCUT2D eigenvalue weighted by molar-refractivity contribution is 6.31. The molecule has 6 heteroatoms. The van der Waals surface area contributed by atoms with E-state index in [9.17, 15) is 9.90 Å². The van der Waals surface area contributed by atoms with Gasteiger partial charge in [-0.15, -0.1) is 0 Å². The Kier molecular flexibility index (Phi) is 6.94. The third-order valence-corrected chi connectivity index (χ3v) is 5.32. The number of methoxy groups -OCH3 is 1. The van der Waals surface area contributed by atoms with E-state index in [1.165, 1.54) is 6.92 Å². The van der Waals surface area contributed by atoms with Crippen LogP contribution < -0.4 is 10.1 Å². The zero-order valence-corrected chi connectivity index (χ0v) is 16.9. The van der Waals surface area contributed by atoms with Crippen LogP contribution >= 0.6 is 11.6 Å². The first-order chi connectivity index (χ1) is 13.4. The highest BCUT2D eigenvalue weighted by atomic mass is 35.5. The maximum absolute atomic E-state index is 11.2. The van der Waals surface area contributed by atoms with Crippen molar-refractivity contribution < 1.29 is 19.4 Å². The van der Waals surface area contributed by atoms with E-state index in [0.717, 1.165) is 22.4 Å². The van der Waals surface area contributed by atoms with E-state index in [1.807, 2.05) is 42.5 Å². The second-order valence-corrected chi connectivity index (χ2v) is 7.59. The van der Waals surface area contributed by atoms with Gasteiger partial charge in [-0.2, -0.15) is 0 Å². The number of nitrogens with one attached hydrogen (secondary N) is 1. The lowest BCUT2D eigenvalue weighted by molar-refractivity contribution is -0.123. The summed E-state index contributed by atoms with van der Waals surface area (Å²) in [6, 6.07) is 13.8. The molecular formula is C22H26ClNO4. The zero-order chi connectivity index (χ0) is 20.1. The second-order valence-electron chi connectivity index (χ2n) is 7.18. The normalized spacial score (nSPS) is 21.9. The molecule has 2 aromatic carbocycles. The summed E-state index contributed by atoms with van der Waals surface area (Å²) >= 11 is 6.42. The molecule has 150 valence electrons. The Bertz CT molecular complexity index is 809. The molecule has 5 nitrogen and oxygen atoms in total. The summed E-state index contributed by atoms with van der Waals surface area (Å²) in [6.07, 6.45) is 0.843. The molecule has 0 aromatic heterocycles. The third-order valence-electron chi connectivity index (χ3n) is 4.95.